The molecule has 1 atom stereocenters. The molecule has 2 N–H and O–H groups in total. The molecule has 190 valence electrons. The molecule has 0 saturated carbocycles. The van der Waals surface area contributed by atoms with Crippen LogP contribution in [0, 0.1) is 0 Å². The normalized spacial score (nSPS) is 13.4. The van der Waals surface area contributed by atoms with Gasteiger partial charge in [-0.05, 0) is 51.8 Å². The van der Waals surface area contributed by atoms with E-state index in [2.05, 4.69) is 21.2 Å². The average molecular weight is 610 g/mol. The highest BCUT2D eigenvalue weighted by atomic mass is 79.9. The molecule has 14 heteroatoms. The fourth-order valence-corrected chi connectivity index (χ4v) is 3.56. The number of benzene rings is 2. The lowest BCUT2D eigenvalue weighted by atomic mass is 9.96. The van der Waals surface area contributed by atoms with E-state index < -0.39 is 49.0 Å². The Balaban J connectivity index is 2.19. The highest BCUT2D eigenvalue weighted by Gasteiger charge is 2.40. The van der Waals surface area contributed by atoms with Crippen LogP contribution in [-0.4, -0.2) is 37.3 Å². The first-order valence-electron chi connectivity index (χ1n) is 9.39. The van der Waals surface area contributed by atoms with Crippen LogP contribution in [0.5, 0.6) is 0 Å². The SMILES string of the molecule is O=C(CNC(=O)c1ccc(C(F)=CC(c2ccc(Cl)c(Cl)c2)C(F)(F)F)cc1Br)NCC(F)(F)F. The van der Waals surface area contributed by atoms with Gasteiger partial charge in [0.1, 0.15) is 18.3 Å². The van der Waals surface area contributed by atoms with Gasteiger partial charge in [-0.3, -0.25) is 9.59 Å². The van der Waals surface area contributed by atoms with Crippen LogP contribution in [-0.2, 0) is 4.79 Å². The van der Waals surface area contributed by atoms with Crippen molar-refractivity contribution in [2.24, 2.45) is 0 Å². The third kappa shape index (κ3) is 8.69. The first-order valence-corrected chi connectivity index (χ1v) is 10.9. The van der Waals surface area contributed by atoms with Gasteiger partial charge in [0.15, 0.2) is 0 Å². The number of hydrogen-bond donors (Lipinski definition) is 2. The third-order valence-electron chi connectivity index (χ3n) is 4.35. The summed E-state index contributed by atoms with van der Waals surface area (Å²) in [5.41, 5.74) is -0.784. The number of allylic oxidation sites excluding steroid dienone is 1. The summed E-state index contributed by atoms with van der Waals surface area (Å²) >= 11 is 14.5. The molecule has 0 bridgehead atoms. The molecule has 0 heterocycles. The lowest BCUT2D eigenvalue weighted by molar-refractivity contribution is -0.139. The largest absolute Gasteiger partial charge is 0.405 e. The van der Waals surface area contributed by atoms with E-state index >= 15 is 0 Å². The molecule has 0 aliphatic rings. The second kappa shape index (κ2) is 11.6. The minimum atomic E-state index is -4.86. The predicted molar refractivity (Wildman–Crippen MR) is 120 cm³/mol. The van der Waals surface area contributed by atoms with Crippen LogP contribution in [0.15, 0.2) is 46.9 Å². The maximum atomic E-state index is 14.8. The zero-order chi connectivity index (χ0) is 26.6. The molecule has 2 rings (SSSR count). The Kier molecular flexibility index (Phi) is 9.60. The molecule has 35 heavy (non-hydrogen) atoms. The predicted octanol–water partition coefficient (Wildman–Crippen LogP) is 6.82. The number of hydrogen-bond acceptors (Lipinski definition) is 2. The quantitative estimate of drug-likeness (QED) is 0.339. The summed E-state index contributed by atoms with van der Waals surface area (Å²) < 4.78 is 91.8. The lowest BCUT2D eigenvalue weighted by Gasteiger charge is -2.18. The number of amides is 2. The summed E-state index contributed by atoms with van der Waals surface area (Å²) in [6.45, 7) is -2.35. The molecule has 1 unspecified atom stereocenters. The van der Waals surface area contributed by atoms with Gasteiger partial charge in [-0.2, -0.15) is 26.3 Å². The van der Waals surface area contributed by atoms with Gasteiger partial charge in [-0.25, -0.2) is 4.39 Å². The molecular formula is C21H14BrCl2F7N2O2. The number of carbonyl (C=O) groups is 2. The van der Waals surface area contributed by atoms with Crippen LogP contribution >= 0.6 is 39.1 Å². The Morgan fingerprint density at radius 3 is 2.17 bits per heavy atom. The molecule has 0 aliphatic heterocycles. The molecule has 2 aromatic carbocycles. The van der Waals surface area contributed by atoms with Crippen molar-refractivity contribution in [3.05, 3.63) is 73.7 Å². The number of rotatable bonds is 7. The van der Waals surface area contributed by atoms with E-state index in [4.69, 9.17) is 23.2 Å². The summed E-state index contributed by atoms with van der Waals surface area (Å²) in [6.07, 6.45) is -9.15. The molecule has 2 amide bonds. The summed E-state index contributed by atoms with van der Waals surface area (Å²) in [4.78, 5) is 23.6. The van der Waals surface area contributed by atoms with Crippen molar-refractivity contribution >= 4 is 56.8 Å². The summed E-state index contributed by atoms with van der Waals surface area (Å²) in [5.74, 6) is -5.59. The first-order chi connectivity index (χ1) is 16.1. The van der Waals surface area contributed by atoms with Crippen molar-refractivity contribution < 1.29 is 40.3 Å². The van der Waals surface area contributed by atoms with E-state index in [1.807, 2.05) is 0 Å². The fourth-order valence-electron chi connectivity index (χ4n) is 2.69. The summed E-state index contributed by atoms with van der Waals surface area (Å²) in [5, 5.41) is 3.53. The van der Waals surface area contributed by atoms with Gasteiger partial charge in [0.05, 0.1) is 22.2 Å². The van der Waals surface area contributed by atoms with Crippen LogP contribution in [0.2, 0.25) is 10.0 Å². The van der Waals surface area contributed by atoms with E-state index in [9.17, 15) is 40.3 Å². The molecule has 0 radical (unpaired) electrons. The summed E-state index contributed by atoms with van der Waals surface area (Å²) in [7, 11) is 0. The van der Waals surface area contributed by atoms with E-state index in [0.717, 1.165) is 36.4 Å². The first kappa shape index (κ1) is 28.9. The van der Waals surface area contributed by atoms with Gasteiger partial charge in [-0.15, -0.1) is 0 Å². The van der Waals surface area contributed by atoms with Crippen LogP contribution in [0.25, 0.3) is 5.83 Å². The monoisotopic (exact) mass is 608 g/mol. The van der Waals surface area contributed by atoms with E-state index in [0.29, 0.717) is 6.08 Å². The molecule has 4 nitrogen and oxygen atoms in total. The van der Waals surface area contributed by atoms with Gasteiger partial charge < -0.3 is 10.6 Å². The Morgan fingerprint density at radius 2 is 1.63 bits per heavy atom. The molecule has 0 spiro atoms. The standard InChI is InChI=1S/C21H14BrCl2F7N2O2/c22-14-5-11(1-3-12(14)19(35)32-8-18(34)33-9-20(26,27)28)17(25)7-13(21(29,30)31)10-2-4-15(23)16(24)6-10/h1-7,13H,8-9H2,(H,32,35)(H,33,34). The minimum absolute atomic E-state index is 0.0245. The topological polar surface area (TPSA) is 58.2 Å². The van der Waals surface area contributed by atoms with Crippen molar-refractivity contribution in [2.75, 3.05) is 13.1 Å². The minimum Gasteiger partial charge on any atom is -0.345 e. The smallest absolute Gasteiger partial charge is 0.345 e. The van der Waals surface area contributed by atoms with Gasteiger partial charge >= 0.3 is 12.4 Å². The average Bonchev–Trinajstić information content (AvgIpc) is 2.74. The molecule has 2 aromatic rings. The molecule has 0 fully saturated rings. The third-order valence-corrected chi connectivity index (χ3v) is 5.75. The maximum absolute atomic E-state index is 14.8. The second-order valence-corrected chi connectivity index (χ2v) is 8.65. The highest BCUT2D eigenvalue weighted by molar-refractivity contribution is 9.10. The van der Waals surface area contributed by atoms with Gasteiger partial charge in [0, 0.05) is 10.0 Å². The number of carbonyl (C=O) groups excluding carboxylic acids is 2. The second-order valence-electron chi connectivity index (χ2n) is 6.98. The zero-order valence-corrected chi connectivity index (χ0v) is 20.2. The van der Waals surface area contributed by atoms with Crippen molar-refractivity contribution in [1.29, 1.82) is 0 Å². The Hall–Kier alpha value is -2.31. The number of nitrogens with one attached hydrogen (secondary N) is 2. The van der Waals surface area contributed by atoms with E-state index in [1.54, 1.807) is 5.32 Å². The highest BCUT2D eigenvalue weighted by Crippen LogP contribution is 2.40. The van der Waals surface area contributed by atoms with Crippen LogP contribution in [0.3, 0.4) is 0 Å². The Morgan fingerprint density at radius 1 is 0.971 bits per heavy atom. The zero-order valence-electron chi connectivity index (χ0n) is 17.1. The Bertz CT molecular complexity index is 1140. The van der Waals surface area contributed by atoms with Crippen LogP contribution in [0.4, 0.5) is 30.7 Å². The van der Waals surface area contributed by atoms with Crippen molar-refractivity contribution in [2.45, 2.75) is 18.3 Å². The number of alkyl halides is 6. The van der Waals surface area contributed by atoms with Crippen molar-refractivity contribution in [3.63, 3.8) is 0 Å². The lowest BCUT2D eigenvalue weighted by Crippen LogP contribution is -2.40. The van der Waals surface area contributed by atoms with Gasteiger partial charge in [-0.1, -0.05) is 35.3 Å². The van der Waals surface area contributed by atoms with E-state index in [1.165, 1.54) is 0 Å². The van der Waals surface area contributed by atoms with Gasteiger partial charge in [0.25, 0.3) is 5.91 Å². The summed E-state index contributed by atoms with van der Waals surface area (Å²) in [6, 6.07) is 6.31. The number of halogens is 10. The molecule has 0 aromatic heterocycles. The molecule has 0 aliphatic carbocycles. The molecule has 0 saturated heterocycles. The van der Waals surface area contributed by atoms with Crippen molar-refractivity contribution in [3.8, 4) is 0 Å². The van der Waals surface area contributed by atoms with Gasteiger partial charge in [0.2, 0.25) is 5.91 Å². The maximum Gasteiger partial charge on any atom is 0.405 e. The van der Waals surface area contributed by atoms with E-state index in [-0.39, 0.29) is 31.2 Å². The fraction of sp³-hybridized carbons (Fsp3) is 0.238. The Labute approximate surface area is 212 Å². The van der Waals surface area contributed by atoms with Crippen LogP contribution < -0.4 is 10.6 Å². The van der Waals surface area contributed by atoms with Crippen molar-refractivity contribution in [1.82, 2.24) is 10.6 Å². The molecular weight excluding hydrogens is 596 g/mol. The van der Waals surface area contributed by atoms with Crippen LogP contribution in [0.1, 0.15) is 27.4 Å².